The van der Waals surface area contributed by atoms with Crippen LogP contribution in [0.3, 0.4) is 0 Å². The molecule has 0 bridgehead atoms. The molecular weight excluding hydrogens is 142 g/mol. The van der Waals surface area contributed by atoms with Gasteiger partial charge in [-0.05, 0) is 13.8 Å². The molecule has 0 saturated carbocycles. The lowest BCUT2D eigenvalue weighted by molar-refractivity contribution is 0.0835. The lowest BCUT2D eigenvalue weighted by Crippen LogP contribution is -2.32. The molecule has 11 heavy (non-hydrogen) atoms. The minimum atomic E-state index is -0.751. The van der Waals surface area contributed by atoms with E-state index in [1.165, 1.54) is 6.20 Å². The van der Waals surface area contributed by atoms with E-state index in [2.05, 4.69) is 5.32 Å². The Kier molecular flexibility index (Phi) is 3.60. The summed E-state index contributed by atoms with van der Waals surface area (Å²) >= 11 is 0. The van der Waals surface area contributed by atoms with Crippen LogP contribution in [0.4, 0.5) is 0 Å². The minimum Gasteiger partial charge on any atom is -0.396 e. The van der Waals surface area contributed by atoms with E-state index in [4.69, 9.17) is 11.1 Å². The fourth-order valence-corrected chi connectivity index (χ4v) is 0.460. The van der Waals surface area contributed by atoms with E-state index in [0.717, 1.165) is 6.21 Å². The highest BCUT2D eigenvalue weighted by Crippen LogP contribution is 1.96. The van der Waals surface area contributed by atoms with E-state index in [9.17, 15) is 5.11 Å². The van der Waals surface area contributed by atoms with Gasteiger partial charge in [0.05, 0.1) is 11.3 Å². The van der Waals surface area contributed by atoms with Gasteiger partial charge in [0, 0.05) is 19.0 Å². The maximum Gasteiger partial charge on any atom is 0.0763 e. The van der Waals surface area contributed by atoms with Crippen molar-refractivity contribution < 1.29 is 5.11 Å². The van der Waals surface area contributed by atoms with Gasteiger partial charge in [0.2, 0.25) is 0 Å². The molecule has 0 atom stereocenters. The summed E-state index contributed by atoms with van der Waals surface area (Å²) in [5.74, 6) is 0. The van der Waals surface area contributed by atoms with Gasteiger partial charge < -0.3 is 21.6 Å². The number of nitrogens with one attached hydrogen (secondary N) is 2. The smallest absolute Gasteiger partial charge is 0.0763 e. The van der Waals surface area contributed by atoms with Crippen LogP contribution in [0.1, 0.15) is 13.8 Å². The summed E-state index contributed by atoms with van der Waals surface area (Å²) in [4.78, 5) is 0. The first-order valence-corrected chi connectivity index (χ1v) is 3.37. The standard InChI is InChI=1S/C7H15N3O/c1-7(2,11)5-10-4-6(9)3-8/h3-4,8,10-11H,5,9H2,1-2H3/b6-4+,8-3?. The fourth-order valence-electron chi connectivity index (χ4n) is 0.460. The van der Waals surface area contributed by atoms with Crippen molar-refractivity contribution in [1.82, 2.24) is 5.32 Å². The van der Waals surface area contributed by atoms with Crippen molar-refractivity contribution in [3.63, 3.8) is 0 Å². The number of allylic oxidation sites excluding steroid dienone is 1. The molecule has 0 aliphatic rings. The van der Waals surface area contributed by atoms with Crippen LogP contribution in [0.15, 0.2) is 11.9 Å². The number of rotatable bonds is 4. The lowest BCUT2D eigenvalue weighted by atomic mass is 10.1. The van der Waals surface area contributed by atoms with Crippen molar-refractivity contribution in [2.24, 2.45) is 5.73 Å². The van der Waals surface area contributed by atoms with E-state index in [0.29, 0.717) is 12.2 Å². The molecule has 4 heteroatoms. The van der Waals surface area contributed by atoms with Crippen LogP contribution < -0.4 is 11.1 Å². The van der Waals surface area contributed by atoms with Gasteiger partial charge in [-0.1, -0.05) is 0 Å². The van der Waals surface area contributed by atoms with Gasteiger partial charge in [0.25, 0.3) is 0 Å². The highest BCUT2D eigenvalue weighted by Gasteiger charge is 2.09. The molecule has 0 unspecified atom stereocenters. The zero-order chi connectivity index (χ0) is 8.91. The SMILES string of the molecule is CC(C)(O)CN/C=C(/N)C=N. The predicted molar refractivity (Wildman–Crippen MR) is 45.4 cm³/mol. The summed E-state index contributed by atoms with van der Waals surface area (Å²) in [7, 11) is 0. The quantitative estimate of drug-likeness (QED) is 0.426. The number of aliphatic hydroxyl groups is 1. The zero-order valence-corrected chi connectivity index (χ0v) is 6.89. The van der Waals surface area contributed by atoms with Gasteiger partial charge in [0.15, 0.2) is 0 Å². The largest absolute Gasteiger partial charge is 0.396 e. The Bertz CT molecular complexity index is 158. The first-order chi connectivity index (χ1) is 4.95. The number of nitrogens with two attached hydrogens (primary N) is 1. The minimum absolute atomic E-state index is 0.342. The van der Waals surface area contributed by atoms with Gasteiger partial charge in [-0.2, -0.15) is 0 Å². The summed E-state index contributed by atoms with van der Waals surface area (Å²) in [6.45, 7) is 3.80. The second kappa shape index (κ2) is 3.98. The average Bonchev–Trinajstić information content (AvgIpc) is 1.85. The molecule has 0 aromatic heterocycles. The van der Waals surface area contributed by atoms with Crippen molar-refractivity contribution >= 4 is 6.21 Å². The Morgan fingerprint density at radius 3 is 2.64 bits per heavy atom. The molecule has 0 aliphatic carbocycles. The average molecular weight is 157 g/mol. The summed E-state index contributed by atoms with van der Waals surface area (Å²) in [6, 6.07) is 0. The van der Waals surface area contributed by atoms with Crippen LogP contribution in [-0.4, -0.2) is 23.5 Å². The molecule has 0 aliphatic heterocycles. The zero-order valence-electron chi connectivity index (χ0n) is 6.89. The van der Waals surface area contributed by atoms with Gasteiger partial charge in [-0.3, -0.25) is 0 Å². The van der Waals surface area contributed by atoms with Crippen LogP contribution in [-0.2, 0) is 0 Å². The third-order valence-corrected chi connectivity index (χ3v) is 0.970. The van der Waals surface area contributed by atoms with Crippen LogP contribution >= 0.6 is 0 Å². The summed E-state index contributed by atoms with van der Waals surface area (Å²) < 4.78 is 0. The Morgan fingerprint density at radius 2 is 2.27 bits per heavy atom. The van der Waals surface area contributed by atoms with Crippen molar-refractivity contribution in [1.29, 1.82) is 5.41 Å². The van der Waals surface area contributed by atoms with E-state index >= 15 is 0 Å². The van der Waals surface area contributed by atoms with E-state index in [1.54, 1.807) is 13.8 Å². The van der Waals surface area contributed by atoms with Crippen LogP contribution in [0.2, 0.25) is 0 Å². The molecule has 64 valence electrons. The Hall–Kier alpha value is -1.03. The van der Waals surface area contributed by atoms with E-state index in [1.807, 2.05) is 0 Å². The topological polar surface area (TPSA) is 82.1 Å². The normalized spacial score (nSPS) is 12.8. The van der Waals surface area contributed by atoms with Crippen molar-refractivity contribution in [3.05, 3.63) is 11.9 Å². The molecule has 0 spiro atoms. The molecule has 0 radical (unpaired) electrons. The maximum absolute atomic E-state index is 9.21. The van der Waals surface area contributed by atoms with Gasteiger partial charge in [-0.15, -0.1) is 0 Å². The second-order valence-electron chi connectivity index (χ2n) is 2.98. The Balaban J connectivity index is 3.65. The van der Waals surface area contributed by atoms with Gasteiger partial charge >= 0.3 is 0 Å². The highest BCUT2D eigenvalue weighted by atomic mass is 16.3. The molecule has 0 saturated heterocycles. The van der Waals surface area contributed by atoms with Crippen molar-refractivity contribution in [2.75, 3.05) is 6.54 Å². The van der Waals surface area contributed by atoms with E-state index in [-0.39, 0.29) is 0 Å². The molecule has 0 aromatic rings. The molecule has 0 amide bonds. The number of hydrogen-bond donors (Lipinski definition) is 4. The lowest BCUT2D eigenvalue weighted by Gasteiger charge is -2.16. The highest BCUT2D eigenvalue weighted by molar-refractivity contribution is 5.73. The summed E-state index contributed by atoms with van der Waals surface area (Å²) in [6.07, 6.45) is 2.53. The van der Waals surface area contributed by atoms with Crippen molar-refractivity contribution in [3.8, 4) is 0 Å². The fraction of sp³-hybridized carbons (Fsp3) is 0.571. The third kappa shape index (κ3) is 6.86. The van der Waals surface area contributed by atoms with Crippen molar-refractivity contribution in [2.45, 2.75) is 19.4 Å². The number of hydrogen-bond acceptors (Lipinski definition) is 4. The molecular formula is C7H15N3O. The van der Waals surface area contributed by atoms with Gasteiger partial charge in [0.1, 0.15) is 0 Å². The molecule has 0 rings (SSSR count). The first kappa shape index (κ1) is 9.97. The maximum atomic E-state index is 9.21. The molecule has 4 nitrogen and oxygen atoms in total. The third-order valence-electron chi connectivity index (χ3n) is 0.970. The molecule has 0 aromatic carbocycles. The van der Waals surface area contributed by atoms with Gasteiger partial charge in [-0.25, -0.2) is 0 Å². The molecule has 0 heterocycles. The molecule has 0 fully saturated rings. The first-order valence-electron chi connectivity index (χ1n) is 3.37. The Labute approximate surface area is 66.6 Å². The predicted octanol–water partition coefficient (Wildman–Crippen LogP) is -0.203. The van der Waals surface area contributed by atoms with Crippen LogP contribution in [0, 0.1) is 5.41 Å². The summed E-state index contributed by atoms with van der Waals surface area (Å²) in [5, 5.41) is 18.7. The second-order valence-corrected chi connectivity index (χ2v) is 2.98. The van der Waals surface area contributed by atoms with Crippen LogP contribution in [0.5, 0.6) is 0 Å². The van der Waals surface area contributed by atoms with Crippen LogP contribution in [0.25, 0.3) is 0 Å². The Morgan fingerprint density at radius 1 is 1.73 bits per heavy atom. The summed E-state index contributed by atoms with van der Waals surface area (Å²) in [5.41, 5.74) is 4.87. The monoisotopic (exact) mass is 157 g/mol. The van der Waals surface area contributed by atoms with E-state index < -0.39 is 5.60 Å². The molecule has 5 N–H and O–H groups in total.